The molecule has 3 aromatic rings. The van der Waals surface area contributed by atoms with Gasteiger partial charge in [0.25, 0.3) is 5.91 Å². The molecule has 14 heteroatoms. The van der Waals surface area contributed by atoms with Crippen molar-refractivity contribution < 1.29 is 37.4 Å². The highest BCUT2D eigenvalue weighted by Crippen LogP contribution is 2.40. The molecule has 2 bridgehead atoms. The summed E-state index contributed by atoms with van der Waals surface area (Å²) >= 11 is 1.45. The number of nitrogens with zero attached hydrogens (tertiary/aromatic N) is 2. The molecule has 3 unspecified atom stereocenters. The highest BCUT2D eigenvalue weighted by Gasteiger charge is 2.39. The average Bonchev–Trinajstić information content (AvgIpc) is 3.72. The van der Waals surface area contributed by atoms with E-state index in [1.165, 1.54) is 17.4 Å². The number of carbonyl (C=O) groups is 4. The van der Waals surface area contributed by atoms with Crippen molar-refractivity contribution in [1.82, 2.24) is 15.6 Å². The zero-order chi connectivity index (χ0) is 37.2. The minimum absolute atomic E-state index is 0.0447. The Morgan fingerprint density at radius 1 is 0.906 bits per heavy atom. The van der Waals surface area contributed by atoms with Crippen molar-refractivity contribution in [3.63, 3.8) is 0 Å². The van der Waals surface area contributed by atoms with Crippen LogP contribution in [0, 0.1) is 11.6 Å². The second-order valence-corrected chi connectivity index (χ2v) is 14.8. The predicted octanol–water partition coefficient (Wildman–Crippen LogP) is 6.62. The lowest BCUT2D eigenvalue weighted by molar-refractivity contribution is -0.134. The first kappa shape index (κ1) is 38.3. The summed E-state index contributed by atoms with van der Waals surface area (Å²) in [5, 5.41) is 10.7. The van der Waals surface area contributed by atoms with Crippen molar-refractivity contribution in [2.45, 2.75) is 101 Å². The Bertz CT molecular complexity index is 1740. The highest BCUT2D eigenvalue weighted by atomic mass is 32.1. The van der Waals surface area contributed by atoms with Gasteiger partial charge in [0, 0.05) is 36.0 Å². The van der Waals surface area contributed by atoms with Gasteiger partial charge in [0.15, 0.2) is 23.3 Å². The van der Waals surface area contributed by atoms with Gasteiger partial charge >= 0.3 is 0 Å². The van der Waals surface area contributed by atoms with E-state index in [9.17, 15) is 28.0 Å². The number of unbranched alkanes of at least 4 members (excludes halogenated alkanes) is 7. The van der Waals surface area contributed by atoms with Crippen LogP contribution < -0.4 is 25.6 Å². The molecule has 0 spiro atoms. The molecule has 53 heavy (non-hydrogen) atoms. The summed E-state index contributed by atoms with van der Waals surface area (Å²) in [6.07, 6.45) is 11.0. The van der Waals surface area contributed by atoms with Gasteiger partial charge in [-0.05, 0) is 61.9 Å². The Morgan fingerprint density at radius 2 is 1.60 bits per heavy atom. The molecular weight excluding hydrogens is 705 g/mol. The van der Waals surface area contributed by atoms with Crippen LogP contribution in [0.4, 0.5) is 19.6 Å². The van der Waals surface area contributed by atoms with E-state index in [1.54, 1.807) is 17.5 Å². The third-order valence-corrected chi connectivity index (χ3v) is 11.0. The second-order valence-electron chi connectivity index (χ2n) is 14.0. The van der Waals surface area contributed by atoms with E-state index in [-0.39, 0.29) is 41.5 Å². The van der Waals surface area contributed by atoms with Crippen LogP contribution in [-0.4, -0.2) is 67.1 Å². The summed E-state index contributed by atoms with van der Waals surface area (Å²) in [7, 11) is 0. The number of carbonyl (C=O) groups excluding carboxylic acids is 4. The molecule has 0 aliphatic carbocycles. The maximum atomic E-state index is 14.9. The van der Waals surface area contributed by atoms with Crippen molar-refractivity contribution in [1.29, 1.82) is 0 Å². The van der Waals surface area contributed by atoms with Crippen molar-refractivity contribution in [3.8, 4) is 17.0 Å². The zero-order valence-corrected chi connectivity index (χ0v) is 30.6. The number of halogens is 2. The van der Waals surface area contributed by atoms with E-state index in [0.29, 0.717) is 56.0 Å². The number of amides is 4. The normalized spacial score (nSPS) is 19.6. The van der Waals surface area contributed by atoms with Crippen molar-refractivity contribution in [2.24, 2.45) is 0 Å². The molecule has 3 N–H and O–H groups in total. The fourth-order valence-electron chi connectivity index (χ4n) is 7.24. The smallest absolute Gasteiger partial charge is 0.257 e. The maximum absolute atomic E-state index is 14.9. The number of morpholine rings is 1. The van der Waals surface area contributed by atoms with Gasteiger partial charge in [-0.25, -0.2) is 9.37 Å². The monoisotopic (exact) mass is 751 g/mol. The number of hydrogen-bond acceptors (Lipinski definition) is 9. The lowest BCUT2D eigenvalue weighted by atomic mass is 9.90. The van der Waals surface area contributed by atoms with Gasteiger partial charge in [-0.3, -0.25) is 24.5 Å². The molecule has 3 fully saturated rings. The topological polar surface area (TPSA) is 139 Å². The molecule has 4 amide bonds. The predicted molar refractivity (Wildman–Crippen MR) is 198 cm³/mol. The van der Waals surface area contributed by atoms with Gasteiger partial charge in [0.05, 0.1) is 36.9 Å². The number of nitrogens with one attached hydrogen (secondary N) is 3. The van der Waals surface area contributed by atoms with E-state index < -0.39 is 24.1 Å². The number of fused-ring (bicyclic) bond motifs is 2. The molecule has 3 aliphatic rings. The van der Waals surface area contributed by atoms with Gasteiger partial charge < -0.3 is 25.0 Å². The van der Waals surface area contributed by atoms with Gasteiger partial charge in [-0.2, -0.15) is 4.39 Å². The summed E-state index contributed by atoms with van der Waals surface area (Å²) in [6.45, 7) is 1.33. The maximum Gasteiger partial charge on any atom is 0.257 e. The minimum Gasteiger partial charge on any atom is -0.480 e. The van der Waals surface area contributed by atoms with Crippen LogP contribution in [0.3, 0.4) is 0 Å². The lowest BCUT2D eigenvalue weighted by Crippen LogP contribution is -2.45. The third-order valence-electron chi connectivity index (χ3n) is 10.1. The van der Waals surface area contributed by atoms with Gasteiger partial charge in [0.2, 0.25) is 23.5 Å². The Balaban J connectivity index is 0.810. The number of hydrogen-bond donors (Lipinski definition) is 3. The minimum atomic E-state index is -1.14. The number of ether oxygens (including phenoxy) is 2. The molecule has 0 radical (unpaired) electrons. The van der Waals surface area contributed by atoms with E-state index in [4.69, 9.17) is 14.5 Å². The fraction of sp³-hybridized carbons (Fsp3) is 0.513. The van der Waals surface area contributed by atoms with Crippen molar-refractivity contribution in [2.75, 3.05) is 36.6 Å². The van der Waals surface area contributed by atoms with Crippen LogP contribution in [0.5, 0.6) is 5.75 Å². The van der Waals surface area contributed by atoms with Crippen LogP contribution in [0.2, 0.25) is 0 Å². The average molecular weight is 752 g/mol. The Kier molecular flexibility index (Phi) is 13.4. The van der Waals surface area contributed by atoms with E-state index in [0.717, 1.165) is 81.0 Å². The zero-order valence-electron chi connectivity index (χ0n) is 29.8. The van der Waals surface area contributed by atoms with Crippen LogP contribution in [0.1, 0.15) is 95.0 Å². The molecule has 6 rings (SSSR count). The lowest BCUT2D eigenvalue weighted by Gasteiger charge is -2.34. The first-order valence-corrected chi connectivity index (χ1v) is 19.6. The third kappa shape index (κ3) is 10.2. The number of imide groups is 1. The molecule has 3 aliphatic heterocycles. The molecule has 4 heterocycles. The number of rotatable bonds is 18. The summed E-state index contributed by atoms with van der Waals surface area (Å²) in [5.74, 6) is -3.83. The van der Waals surface area contributed by atoms with Crippen LogP contribution in [0.25, 0.3) is 11.3 Å². The molecule has 3 saturated heterocycles. The second kappa shape index (κ2) is 18.6. The number of thiazole rings is 1. The molecule has 0 saturated carbocycles. The number of piperidine rings is 1. The van der Waals surface area contributed by atoms with E-state index >= 15 is 0 Å². The number of benzene rings is 2. The number of aromatic nitrogens is 1. The van der Waals surface area contributed by atoms with Crippen LogP contribution in [0.15, 0.2) is 41.8 Å². The SMILES string of the molecule is O=C(COc1c(-c2csc(N3C4CCC3COC4)n2)ccc(F)c1F)NCCCCCCCCCCC(=O)Nc1ccc(C2CCC(=O)NC2=O)cc1. The molecule has 11 nitrogen and oxygen atoms in total. The quantitative estimate of drug-likeness (QED) is 0.0975. The van der Waals surface area contributed by atoms with E-state index in [1.807, 2.05) is 12.1 Å². The molecule has 284 valence electrons. The Labute approximate surface area is 312 Å². The molecular formula is C39H47F2N5O6S. The highest BCUT2D eigenvalue weighted by molar-refractivity contribution is 7.14. The first-order chi connectivity index (χ1) is 25.8. The largest absolute Gasteiger partial charge is 0.480 e. The standard InChI is InChI=1S/C39H47F2N5O6S/c40-31-18-16-30(32-24-53-39(44-32)46-27-14-15-28(46)22-51-21-27)37(36(31)41)52-23-35(49)42-20-8-6-4-2-1-3-5-7-9-33(47)43-26-12-10-25(11-13-26)29-17-19-34(48)45-38(29)50/h10-13,16,18,24,27-29H,1-9,14-15,17,19-23H2,(H,42,49)(H,43,47)(H,45,48,50). The van der Waals surface area contributed by atoms with Gasteiger partial charge in [-0.15, -0.1) is 11.3 Å². The van der Waals surface area contributed by atoms with Crippen LogP contribution >= 0.6 is 11.3 Å². The summed E-state index contributed by atoms with van der Waals surface area (Å²) in [4.78, 5) is 55.3. The summed E-state index contributed by atoms with van der Waals surface area (Å²) < 4.78 is 40.3. The van der Waals surface area contributed by atoms with Crippen molar-refractivity contribution in [3.05, 3.63) is 59.0 Å². The van der Waals surface area contributed by atoms with Crippen molar-refractivity contribution >= 4 is 45.8 Å². The van der Waals surface area contributed by atoms with E-state index in [2.05, 4.69) is 20.9 Å². The Hall–Kier alpha value is -4.43. The number of anilines is 2. The summed E-state index contributed by atoms with van der Waals surface area (Å²) in [6, 6.07) is 10.2. The first-order valence-electron chi connectivity index (χ1n) is 18.7. The van der Waals surface area contributed by atoms with Gasteiger partial charge in [0.1, 0.15) is 0 Å². The summed E-state index contributed by atoms with van der Waals surface area (Å²) in [5.41, 5.74) is 2.29. The molecule has 1 aromatic heterocycles. The van der Waals surface area contributed by atoms with Gasteiger partial charge in [-0.1, -0.05) is 50.7 Å². The Morgan fingerprint density at radius 3 is 2.32 bits per heavy atom. The fourth-order valence-corrected chi connectivity index (χ4v) is 8.21. The molecule has 2 aromatic carbocycles. The molecule has 3 atom stereocenters. The van der Waals surface area contributed by atoms with Crippen LogP contribution in [-0.2, 0) is 23.9 Å².